The SMILES string of the molecule is CC.CC(CC(C)NC(=O)C(Cc1ccccc1)NC(=O)c1ccccc1)NC(=O)CNC(=O)c1ccccc1.Cc1ccccc1. The van der Waals surface area contributed by atoms with Gasteiger partial charge >= 0.3 is 0 Å². The normalized spacial score (nSPS) is 11.9. The Morgan fingerprint density at radius 3 is 1.51 bits per heavy atom. The first kappa shape index (κ1) is 37.9. The third-order valence-corrected chi connectivity index (χ3v) is 6.83. The first-order chi connectivity index (χ1) is 22.7. The van der Waals surface area contributed by atoms with Crippen molar-refractivity contribution in [1.82, 2.24) is 21.3 Å². The highest BCUT2D eigenvalue weighted by Gasteiger charge is 2.24. The molecule has 8 nitrogen and oxygen atoms in total. The Kier molecular flexibility index (Phi) is 17.3. The van der Waals surface area contributed by atoms with Gasteiger partial charge in [0, 0.05) is 29.6 Å². The van der Waals surface area contributed by atoms with E-state index in [1.807, 2.05) is 88.4 Å². The van der Waals surface area contributed by atoms with Gasteiger partial charge in [-0.2, -0.15) is 0 Å². The van der Waals surface area contributed by atoms with Crippen LogP contribution in [0.1, 0.15) is 66.0 Å². The molecule has 4 rings (SSSR count). The lowest BCUT2D eigenvalue weighted by Crippen LogP contribution is -2.51. The Hall–Kier alpha value is -5.24. The number of amides is 4. The van der Waals surface area contributed by atoms with Crippen molar-refractivity contribution in [3.8, 4) is 0 Å². The molecule has 0 saturated heterocycles. The van der Waals surface area contributed by atoms with Crippen LogP contribution in [0, 0.1) is 6.92 Å². The molecule has 47 heavy (non-hydrogen) atoms. The van der Waals surface area contributed by atoms with Crippen molar-refractivity contribution in [2.75, 3.05) is 6.54 Å². The van der Waals surface area contributed by atoms with Crippen molar-refractivity contribution >= 4 is 23.6 Å². The van der Waals surface area contributed by atoms with Gasteiger partial charge in [0.25, 0.3) is 11.8 Å². The van der Waals surface area contributed by atoms with E-state index in [2.05, 4.69) is 40.3 Å². The molecule has 0 aliphatic carbocycles. The van der Waals surface area contributed by atoms with Gasteiger partial charge in [0.2, 0.25) is 11.8 Å². The smallest absolute Gasteiger partial charge is 0.251 e. The molecule has 4 amide bonds. The molecule has 8 heteroatoms. The minimum absolute atomic E-state index is 0.149. The van der Waals surface area contributed by atoms with Crippen LogP contribution in [0.15, 0.2) is 121 Å². The highest BCUT2D eigenvalue weighted by atomic mass is 16.2. The molecular weight excluding hydrogens is 588 g/mol. The number of hydrogen-bond donors (Lipinski definition) is 4. The molecule has 4 aromatic carbocycles. The average Bonchev–Trinajstić information content (AvgIpc) is 3.09. The Balaban J connectivity index is 0.000000743. The lowest BCUT2D eigenvalue weighted by atomic mass is 10.0. The van der Waals surface area contributed by atoms with Crippen LogP contribution in [0.25, 0.3) is 0 Å². The fraction of sp³-hybridized carbons (Fsp3) is 0.282. The molecule has 0 fully saturated rings. The maximum absolute atomic E-state index is 13.2. The third-order valence-electron chi connectivity index (χ3n) is 6.83. The van der Waals surface area contributed by atoms with Crippen LogP contribution in [0.2, 0.25) is 0 Å². The van der Waals surface area contributed by atoms with E-state index in [-0.39, 0.29) is 42.3 Å². The van der Waals surface area contributed by atoms with Gasteiger partial charge in [0.05, 0.1) is 6.54 Å². The Labute approximate surface area is 279 Å². The Morgan fingerprint density at radius 2 is 1.02 bits per heavy atom. The fourth-order valence-electron chi connectivity index (χ4n) is 4.59. The predicted molar refractivity (Wildman–Crippen MR) is 189 cm³/mol. The molecule has 0 heterocycles. The van der Waals surface area contributed by atoms with E-state index in [0.29, 0.717) is 24.0 Å². The van der Waals surface area contributed by atoms with Crippen molar-refractivity contribution in [2.45, 2.75) is 65.6 Å². The molecule has 4 aromatic rings. The molecule has 0 saturated carbocycles. The van der Waals surface area contributed by atoms with Crippen molar-refractivity contribution in [2.24, 2.45) is 0 Å². The average molecular weight is 637 g/mol. The van der Waals surface area contributed by atoms with Crippen LogP contribution in [0.4, 0.5) is 0 Å². The number of rotatable bonds is 12. The Morgan fingerprint density at radius 1 is 0.574 bits per heavy atom. The zero-order valence-corrected chi connectivity index (χ0v) is 28.0. The van der Waals surface area contributed by atoms with E-state index in [4.69, 9.17) is 0 Å². The number of carbonyl (C=O) groups excluding carboxylic acids is 4. The summed E-state index contributed by atoms with van der Waals surface area (Å²) in [5.41, 5.74) is 3.20. The molecule has 248 valence electrons. The topological polar surface area (TPSA) is 116 Å². The summed E-state index contributed by atoms with van der Waals surface area (Å²) in [4.78, 5) is 50.4. The molecule has 4 N–H and O–H groups in total. The summed E-state index contributed by atoms with van der Waals surface area (Å²) >= 11 is 0. The highest BCUT2D eigenvalue weighted by Crippen LogP contribution is 2.07. The summed E-state index contributed by atoms with van der Waals surface area (Å²) < 4.78 is 0. The van der Waals surface area contributed by atoms with Crippen LogP contribution in [-0.2, 0) is 16.0 Å². The largest absolute Gasteiger partial charge is 0.352 e. The lowest BCUT2D eigenvalue weighted by molar-refractivity contribution is -0.123. The summed E-state index contributed by atoms with van der Waals surface area (Å²) in [6, 6.07) is 35.9. The maximum atomic E-state index is 13.2. The first-order valence-electron chi connectivity index (χ1n) is 16.1. The zero-order valence-electron chi connectivity index (χ0n) is 28.0. The minimum atomic E-state index is -0.773. The standard InChI is InChI=1S/C30H34N4O4.C7H8.C2H6/c1-21(32-27(35)20-31-28(36)24-14-8-4-9-15-24)18-22(2)33-30(38)26(19-23-12-6-3-7-13-23)34-29(37)25-16-10-5-11-17-25;1-7-5-3-2-4-6-7;1-2/h3-17,21-22,26H,18-20H2,1-2H3,(H,31,36)(H,32,35)(H,33,38)(H,34,37);2-6H,1H3;1-2H3. The molecule has 0 spiro atoms. The van der Waals surface area contributed by atoms with Gasteiger partial charge in [-0.25, -0.2) is 0 Å². The second kappa shape index (κ2) is 21.5. The highest BCUT2D eigenvalue weighted by molar-refractivity contribution is 5.98. The molecular formula is C39H48N4O4. The van der Waals surface area contributed by atoms with E-state index in [1.165, 1.54) is 5.56 Å². The molecule has 0 aliphatic heterocycles. The summed E-state index contributed by atoms with van der Waals surface area (Å²) in [7, 11) is 0. The van der Waals surface area contributed by atoms with Gasteiger partial charge in [-0.1, -0.05) is 116 Å². The quantitative estimate of drug-likeness (QED) is 0.155. The number of nitrogens with one attached hydrogen (secondary N) is 4. The Bertz CT molecular complexity index is 1480. The van der Waals surface area contributed by atoms with E-state index >= 15 is 0 Å². The van der Waals surface area contributed by atoms with Gasteiger partial charge in [-0.05, 0) is 57.0 Å². The second-order valence-electron chi connectivity index (χ2n) is 10.9. The second-order valence-corrected chi connectivity index (χ2v) is 10.9. The molecule has 0 aliphatic rings. The number of carbonyl (C=O) groups is 4. The van der Waals surface area contributed by atoms with E-state index < -0.39 is 6.04 Å². The van der Waals surface area contributed by atoms with Crippen molar-refractivity contribution in [1.29, 1.82) is 0 Å². The van der Waals surface area contributed by atoms with Gasteiger partial charge in [0.15, 0.2) is 0 Å². The summed E-state index contributed by atoms with van der Waals surface area (Å²) in [6.07, 6.45) is 0.806. The van der Waals surface area contributed by atoms with Crippen LogP contribution in [0.5, 0.6) is 0 Å². The van der Waals surface area contributed by atoms with Crippen LogP contribution in [0.3, 0.4) is 0 Å². The van der Waals surface area contributed by atoms with E-state index in [1.54, 1.807) is 48.5 Å². The molecule has 3 atom stereocenters. The van der Waals surface area contributed by atoms with Crippen LogP contribution >= 0.6 is 0 Å². The van der Waals surface area contributed by atoms with Crippen LogP contribution in [-0.4, -0.2) is 48.3 Å². The molecule has 0 radical (unpaired) electrons. The number of benzene rings is 4. The van der Waals surface area contributed by atoms with E-state index in [9.17, 15) is 19.2 Å². The fourth-order valence-corrected chi connectivity index (χ4v) is 4.59. The van der Waals surface area contributed by atoms with Crippen LogP contribution < -0.4 is 21.3 Å². The van der Waals surface area contributed by atoms with Crippen molar-refractivity contribution in [3.63, 3.8) is 0 Å². The van der Waals surface area contributed by atoms with Crippen molar-refractivity contribution in [3.05, 3.63) is 144 Å². The molecule has 0 bridgehead atoms. The molecule has 3 unspecified atom stereocenters. The summed E-state index contributed by atoms with van der Waals surface area (Å²) in [5.74, 6) is -1.28. The monoisotopic (exact) mass is 636 g/mol. The third kappa shape index (κ3) is 15.1. The van der Waals surface area contributed by atoms with Crippen molar-refractivity contribution < 1.29 is 19.2 Å². The van der Waals surface area contributed by atoms with Gasteiger partial charge < -0.3 is 21.3 Å². The number of hydrogen-bond acceptors (Lipinski definition) is 4. The van der Waals surface area contributed by atoms with Gasteiger partial charge in [-0.3, -0.25) is 19.2 Å². The number of aryl methyl sites for hydroxylation is 1. The predicted octanol–water partition coefficient (Wildman–Crippen LogP) is 5.88. The summed E-state index contributed by atoms with van der Waals surface area (Å²) in [5, 5.41) is 11.2. The minimum Gasteiger partial charge on any atom is -0.352 e. The van der Waals surface area contributed by atoms with E-state index in [0.717, 1.165) is 5.56 Å². The molecule has 0 aromatic heterocycles. The lowest BCUT2D eigenvalue weighted by Gasteiger charge is -2.24. The maximum Gasteiger partial charge on any atom is 0.251 e. The first-order valence-corrected chi connectivity index (χ1v) is 16.1. The van der Waals surface area contributed by atoms with Gasteiger partial charge in [-0.15, -0.1) is 0 Å². The van der Waals surface area contributed by atoms with Gasteiger partial charge in [0.1, 0.15) is 6.04 Å². The summed E-state index contributed by atoms with van der Waals surface area (Å²) in [6.45, 7) is 9.61. The zero-order chi connectivity index (χ0) is 34.4.